The van der Waals surface area contributed by atoms with Gasteiger partial charge >= 0.3 is 0 Å². The number of nitrogens with zero attached hydrogens (tertiary/aromatic N) is 1. The Kier molecular flexibility index (Phi) is 4.15. The maximum Gasteiger partial charge on any atom is 0.0900 e. The first-order chi connectivity index (χ1) is 8.47. The highest BCUT2D eigenvalue weighted by Crippen LogP contribution is 2.31. The van der Waals surface area contributed by atoms with E-state index in [9.17, 15) is 0 Å². The minimum Gasteiger partial charge on any atom is -0.376 e. The quantitative estimate of drug-likeness (QED) is 0.838. The van der Waals surface area contributed by atoms with Gasteiger partial charge < -0.3 is 5.32 Å². The lowest BCUT2D eigenvalue weighted by molar-refractivity contribution is 0.890. The lowest BCUT2D eigenvalue weighted by atomic mass is 10.2. The second-order valence-electron chi connectivity index (χ2n) is 4.17. The number of thiazole rings is 1. The third-order valence-corrected chi connectivity index (χ3v) is 4.45. The first-order valence-corrected chi connectivity index (χ1v) is 7.20. The predicted molar refractivity (Wildman–Crippen MR) is 80.1 cm³/mol. The third-order valence-electron chi connectivity index (χ3n) is 2.63. The van der Waals surface area contributed by atoms with E-state index in [0.717, 1.165) is 16.4 Å². The molecule has 2 nitrogen and oxygen atoms in total. The average molecular weight is 301 g/mol. The van der Waals surface area contributed by atoms with Gasteiger partial charge in [0, 0.05) is 9.90 Å². The molecule has 1 N–H and O–H groups in total. The highest BCUT2D eigenvalue weighted by molar-refractivity contribution is 7.11. The van der Waals surface area contributed by atoms with Crippen LogP contribution in [0, 0.1) is 13.8 Å². The fourth-order valence-electron chi connectivity index (χ4n) is 1.86. The molecule has 0 bridgehead atoms. The molecule has 1 aromatic heterocycles. The van der Waals surface area contributed by atoms with E-state index in [4.69, 9.17) is 23.2 Å². The van der Waals surface area contributed by atoms with E-state index in [0.29, 0.717) is 10.0 Å². The second kappa shape index (κ2) is 5.47. The summed E-state index contributed by atoms with van der Waals surface area (Å²) in [6.45, 7) is 6.13. The fourth-order valence-corrected chi connectivity index (χ4v) is 3.13. The molecule has 0 amide bonds. The molecular weight excluding hydrogens is 287 g/mol. The third kappa shape index (κ3) is 2.97. The maximum absolute atomic E-state index is 6.14. The molecule has 0 radical (unpaired) electrons. The molecule has 96 valence electrons. The van der Waals surface area contributed by atoms with E-state index in [1.54, 1.807) is 23.5 Å². The molecule has 2 aromatic rings. The Morgan fingerprint density at radius 1 is 1.28 bits per heavy atom. The van der Waals surface area contributed by atoms with Crippen molar-refractivity contribution in [2.75, 3.05) is 5.32 Å². The van der Waals surface area contributed by atoms with Crippen LogP contribution in [0.5, 0.6) is 0 Å². The van der Waals surface area contributed by atoms with Crippen LogP contribution in [0.2, 0.25) is 10.0 Å². The molecule has 0 aliphatic carbocycles. The number of benzene rings is 1. The Labute approximate surface area is 121 Å². The molecule has 0 saturated heterocycles. The van der Waals surface area contributed by atoms with Gasteiger partial charge in [-0.3, -0.25) is 0 Å². The number of aryl methyl sites for hydroxylation is 2. The molecule has 0 spiro atoms. The molecule has 0 aliphatic rings. The van der Waals surface area contributed by atoms with Crippen LogP contribution < -0.4 is 5.32 Å². The first-order valence-electron chi connectivity index (χ1n) is 5.63. The Bertz CT molecular complexity index is 566. The van der Waals surface area contributed by atoms with E-state index in [-0.39, 0.29) is 6.04 Å². The van der Waals surface area contributed by atoms with E-state index in [1.165, 1.54) is 4.88 Å². The lowest BCUT2D eigenvalue weighted by Gasteiger charge is -2.15. The van der Waals surface area contributed by atoms with Crippen LogP contribution in [-0.2, 0) is 0 Å². The van der Waals surface area contributed by atoms with Gasteiger partial charge in [-0.2, -0.15) is 0 Å². The van der Waals surface area contributed by atoms with Crippen LogP contribution in [0.25, 0.3) is 0 Å². The van der Waals surface area contributed by atoms with Crippen molar-refractivity contribution in [1.29, 1.82) is 0 Å². The molecule has 0 saturated carbocycles. The normalized spacial score (nSPS) is 12.5. The van der Waals surface area contributed by atoms with Crippen molar-refractivity contribution in [3.63, 3.8) is 0 Å². The van der Waals surface area contributed by atoms with Crippen LogP contribution in [0.3, 0.4) is 0 Å². The largest absolute Gasteiger partial charge is 0.376 e. The van der Waals surface area contributed by atoms with Crippen molar-refractivity contribution in [1.82, 2.24) is 4.98 Å². The summed E-state index contributed by atoms with van der Waals surface area (Å²) in [5.41, 5.74) is 1.91. The van der Waals surface area contributed by atoms with E-state index < -0.39 is 0 Å². The van der Waals surface area contributed by atoms with Crippen molar-refractivity contribution in [3.8, 4) is 0 Å². The topological polar surface area (TPSA) is 24.9 Å². The van der Waals surface area contributed by atoms with Crippen LogP contribution >= 0.6 is 34.5 Å². The minimum atomic E-state index is 0.159. The zero-order chi connectivity index (χ0) is 13.3. The van der Waals surface area contributed by atoms with Crippen molar-refractivity contribution < 1.29 is 0 Å². The number of nitrogens with one attached hydrogen (secondary N) is 1. The minimum absolute atomic E-state index is 0.159. The first kappa shape index (κ1) is 13.7. The number of rotatable bonds is 3. The fraction of sp³-hybridized carbons (Fsp3) is 0.308. The zero-order valence-electron chi connectivity index (χ0n) is 10.4. The molecule has 1 unspecified atom stereocenters. The van der Waals surface area contributed by atoms with Gasteiger partial charge in [0.2, 0.25) is 0 Å². The summed E-state index contributed by atoms with van der Waals surface area (Å²) < 4.78 is 0. The molecule has 5 heteroatoms. The second-order valence-corrected chi connectivity index (χ2v) is 6.25. The number of hydrogen-bond acceptors (Lipinski definition) is 3. The Morgan fingerprint density at radius 3 is 2.61 bits per heavy atom. The van der Waals surface area contributed by atoms with Gasteiger partial charge in [-0.25, -0.2) is 4.98 Å². The van der Waals surface area contributed by atoms with Gasteiger partial charge in [0.25, 0.3) is 0 Å². The molecule has 1 aromatic carbocycles. The van der Waals surface area contributed by atoms with Crippen LogP contribution in [-0.4, -0.2) is 4.98 Å². The summed E-state index contributed by atoms with van der Waals surface area (Å²) in [5.74, 6) is 0. The smallest absolute Gasteiger partial charge is 0.0900 e. The molecule has 1 atom stereocenters. The van der Waals surface area contributed by atoms with E-state index in [2.05, 4.69) is 17.2 Å². The van der Waals surface area contributed by atoms with Gasteiger partial charge in [0.15, 0.2) is 0 Å². The van der Waals surface area contributed by atoms with Gasteiger partial charge in [-0.05, 0) is 39.0 Å². The molecule has 1 heterocycles. The highest BCUT2D eigenvalue weighted by Gasteiger charge is 2.14. The summed E-state index contributed by atoms with van der Waals surface area (Å²) >= 11 is 13.8. The van der Waals surface area contributed by atoms with Crippen LogP contribution in [0.4, 0.5) is 5.69 Å². The zero-order valence-corrected chi connectivity index (χ0v) is 12.7. The monoisotopic (exact) mass is 300 g/mol. The Balaban J connectivity index is 2.23. The average Bonchev–Trinajstić information content (AvgIpc) is 2.63. The lowest BCUT2D eigenvalue weighted by Crippen LogP contribution is -2.06. The summed E-state index contributed by atoms with van der Waals surface area (Å²) in [5, 5.41) is 5.80. The number of anilines is 1. The molecular formula is C13H14Cl2N2S. The standard InChI is InChI=1S/C13H14Cl2N2S/c1-7-13(18-9(3)16-7)8(2)17-12-6-10(14)4-5-11(12)15/h4-6,8,17H,1-3H3. The van der Waals surface area contributed by atoms with Gasteiger partial charge in [-0.15, -0.1) is 11.3 Å². The molecule has 2 rings (SSSR count). The summed E-state index contributed by atoms with van der Waals surface area (Å²) in [7, 11) is 0. The summed E-state index contributed by atoms with van der Waals surface area (Å²) in [4.78, 5) is 5.66. The number of halogens is 2. The van der Waals surface area contributed by atoms with E-state index in [1.807, 2.05) is 19.9 Å². The number of hydrogen-bond donors (Lipinski definition) is 1. The van der Waals surface area contributed by atoms with Crippen molar-refractivity contribution >= 4 is 40.2 Å². The Morgan fingerprint density at radius 2 is 2.00 bits per heavy atom. The van der Waals surface area contributed by atoms with Crippen molar-refractivity contribution in [3.05, 3.63) is 43.8 Å². The predicted octanol–water partition coefficient (Wildman–Crippen LogP) is 5.24. The van der Waals surface area contributed by atoms with Crippen molar-refractivity contribution in [2.45, 2.75) is 26.8 Å². The van der Waals surface area contributed by atoms with Gasteiger partial charge in [0.05, 0.1) is 27.5 Å². The van der Waals surface area contributed by atoms with Gasteiger partial charge in [-0.1, -0.05) is 23.2 Å². The van der Waals surface area contributed by atoms with Crippen LogP contribution in [0.15, 0.2) is 18.2 Å². The highest BCUT2D eigenvalue weighted by atomic mass is 35.5. The van der Waals surface area contributed by atoms with E-state index >= 15 is 0 Å². The summed E-state index contributed by atoms with van der Waals surface area (Å²) in [6.07, 6.45) is 0. The molecule has 0 aliphatic heterocycles. The van der Waals surface area contributed by atoms with Crippen LogP contribution in [0.1, 0.15) is 28.5 Å². The maximum atomic E-state index is 6.14. The number of aromatic nitrogens is 1. The molecule has 0 fully saturated rings. The SMILES string of the molecule is Cc1nc(C)c(C(C)Nc2cc(Cl)ccc2Cl)s1. The molecule has 18 heavy (non-hydrogen) atoms. The summed E-state index contributed by atoms with van der Waals surface area (Å²) in [6, 6.07) is 5.57. The van der Waals surface area contributed by atoms with Crippen molar-refractivity contribution in [2.24, 2.45) is 0 Å². The Hall–Kier alpha value is -0.770. The van der Waals surface area contributed by atoms with Gasteiger partial charge in [0.1, 0.15) is 0 Å².